The van der Waals surface area contributed by atoms with Crippen molar-refractivity contribution in [2.45, 2.75) is 0 Å². The molecule has 3 rings (SSSR count). The Bertz CT molecular complexity index is 915. The van der Waals surface area contributed by atoms with Gasteiger partial charge in [-0.15, -0.1) is 0 Å². The van der Waals surface area contributed by atoms with Crippen molar-refractivity contribution in [1.82, 2.24) is 0 Å². The highest BCUT2D eigenvalue weighted by Crippen LogP contribution is 2.19. The average molecular weight is 359 g/mol. The molecule has 1 aliphatic heterocycles. The lowest BCUT2D eigenvalue weighted by molar-refractivity contribution is -0.384. The first-order valence-electron chi connectivity index (χ1n) is 6.83. The lowest BCUT2D eigenvalue weighted by atomic mass is 10.1. The molecule has 1 heterocycles. The molecule has 0 saturated carbocycles. The maximum atomic E-state index is 10.8. The lowest BCUT2D eigenvalue weighted by Crippen LogP contribution is -2.08. The first kappa shape index (κ1) is 18.3. The zero-order valence-corrected chi connectivity index (χ0v) is 12.7. The highest BCUT2D eigenvalue weighted by molar-refractivity contribution is 6.14. The summed E-state index contributed by atoms with van der Waals surface area (Å²) >= 11 is 0. The highest BCUT2D eigenvalue weighted by atomic mass is 16.6. The van der Waals surface area contributed by atoms with Crippen LogP contribution >= 0.6 is 0 Å². The van der Waals surface area contributed by atoms with E-state index in [4.69, 9.17) is 10.2 Å². The molecule has 2 N–H and O–H groups in total. The third kappa shape index (κ3) is 3.70. The maximum absolute atomic E-state index is 10.8. The van der Waals surface area contributed by atoms with Crippen molar-refractivity contribution in [2.24, 2.45) is 0 Å². The van der Waals surface area contributed by atoms with Crippen LogP contribution in [0.2, 0.25) is 0 Å². The van der Waals surface area contributed by atoms with Gasteiger partial charge in [0.05, 0.1) is 27.2 Å². The van der Waals surface area contributed by atoms with Crippen molar-refractivity contribution in [3.8, 4) is 0 Å². The number of hydrogen-bond donors (Lipinski definition) is 2. The second-order valence-corrected chi connectivity index (χ2v) is 4.82. The first-order chi connectivity index (χ1) is 12.2. The van der Waals surface area contributed by atoms with Crippen LogP contribution < -0.4 is 0 Å². The predicted molar refractivity (Wildman–Crippen MR) is 83.2 cm³/mol. The van der Waals surface area contributed by atoms with Crippen LogP contribution in [0.25, 0.3) is 0 Å². The predicted octanol–water partition coefficient (Wildman–Crippen LogP) is 1.99. The zero-order chi connectivity index (χ0) is 19.4. The molecular weight excluding hydrogens is 350 g/mol. The van der Waals surface area contributed by atoms with Gasteiger partial charge in [0, 0.05) is 12.1 Å². The molecule has 0 spiro atoms. The summed E-state index contributed by atoms with van der Waals surface area (Å²) in [5.74, 6) is -4.06. The van der Waals surface area contributed by atoms with Gasteiger partial charge < -0.3 is 14.9 Å². The van der Waals surface area contributed by atoms with E-state index in [-0.39, 0.29) is 0 Å². The van der Waals surface area contributed by atoms with Crippen molar-refractivity contribution >= 4 is 29.6 Å². The van der Waals surface area contributed by atoms with Gasteiger partial charge in [-0.25, -0.2) is 19.2 Å². The summed E-state index contributed by atoms with van der Waals surface area (Å²) in [7, 11) is 0. The van der Waals surface area contributed by atoms with Crippen LogP contribution in [-0.4, -0.2) is 39.0 Å². The van der Waals surface area contributed by atoms with Crippen LogP contribution in [0.1, 0.15) is 41.4 Å². The molecular formula is C16H9NO9. The number of carbonyl (C=O) groups excluding carboxylic acids is 2. The summed E-state index contributed by atoms with van der Waals surface area (Å²) in [5, 5.41) is 27.6. The van der Waals surface area contributed by atoms with Crippen molar-refractivity contribution in [2.75, 3.05) is 0 Å². The molecule has 0 atom stereocenters. The molecule has 2 aromatic rings. The third-order valence-corrected chi connectivity index (χ3v) is 3.23. The number of nitrogens with zero attached hydrogens (tertiary/aromatic N) is 1. The maximum Gasteiger partial charge on any atom is 0.346 e. The molecule has 132 valence electrons. The van der Waals surface area contributed by atoms with Gasteiger partial charge in [0.15, 0.2) is 0 Å². The molecule has 10 heteroatoms. The Morgan fingerprint density at radius 2 is 1.38 bits per heavy atom. The minimum atomic E-state index is -1.52. The summed E-state index contributed by atoms with van der Waals surface area (Å²) in [4.78, 5) is 52.4. The van der Waals surface area contributed by atoms with Crippen molar-refractivity contribution in [3.05, 3.63) is 74.8 Å². The van der Waals surface area contributed by atoms with E-state index in [0.29, 0.717) is 17.2 Å². The minimum absolute atomic E-state index is 0.359. The number of nitro benzene ring substituents is 1. The Balaban J connectivity index is 0.000000195. The summed E-state index contributed by atoms with van der Waals surface area (Å²) < 4.78 is 4.35. The summed E-state index contributed by atoms with van der Waals surface area (Å²) in [5.41, 5.74) is -0.822. The summed E-state index contributed by atoms with van der Waals surface area (Å²) in [6, 6.07) is 9.08. The van der Waals surface area contributed by atoms with Crippen LogP contribution in [0.3, 0.4) is 0 Å². The molecule has 0 amide bonds. The number of fused-ring (bicyclic) bond motifs is 1. The van der Waals surface area contributed by atoms with Crippen LogP contribution in [0.5, 0.6) is 0 Å². The van der Waals surface area contributed by atoms with Gasteiger partial charge in [-0.2, -0.15) is 0 Å². The number of esters is 2. The van der Waals surface area contributed by atoms with Gasteiger partial charge in [-0.05, 0) is 18.2 Å². The van der Waals surface area contributed by atoms with Crippen molar-refractivity contribution < 1.29 is 39.1 Å². The number of carboxylic acid groups (broad SMARTS) is 2. The van der Waals surface area contributed by atoms with Crippen LogP contribution in [0.15, 0.2) is 42.5 Å². The number of rotatable bonds is 3. The van der Waals surface area contributed by atoms with E-state index in [9.17, 15) is 29.3 Å². The van der Waals surface area contributed by atoms with E-state index < -0.39 is 45.6 Å². The molecule has 0 unspecified atom stereocenters. The van der Waals surface area contributed by atoms with E-state index in [0.717, 1.165) is 12.1 Å². The number of benzene rings is 2. The number of carboxylic acids is 2. The fraction of sp³-hybridized carbons (Fsp3) is 0. The zero-order valence-electron chi connectivity index (χ0n) is 12.7. The third-order valence-electron chi connectivity index (χ3n) is 3.23. The largest absolute Gasteiger partial charge is 0.478 e. The van der Waals surface area contributed by atoms with E-state index in [1.807, 2.05) is 0 Å². The normalized spacial score (nSPS) is 11.7. The SMILES string of the molecule is O=C(O)c1ccc([N+](=O)[O-])cc1C(=O)O.O=C1OC(=O)c2ccccc21. The van der Waals surface area contributed by atoms with E-state index in [1.54, 1.807) is 24.3 Å². The quantitative estimate of drug-likeness (QED) is 0.361. The molecule has 0 fully saturated rings. The summed E-state index contributed by atoms with van der Waals surface area (Å²) in [6.07, 6.45) is 0. The van der Waals surface area contributed by atoms with E-state index in [2.05, 4.69) is 4.74 Å². The minimum Gasteiger partial charge on any atom is -0.478 e. The van der Waals surface area contributed by atoms with E-state index >= 15 is 0 Å². The Labute approximate surface area is 144 Å². The molecule has 26 heavy (non-hydrogen) atoms. The number of aromatic carboxylic acids is 2. The number of cyclic esters (lactones) is 2. The second-order valence-electron chi connectivity index (χ2n) is 4.82. The van der Waals surface area contributed by atoms with Crippen molar-refractivity contribution in [1.29, 1.82) is 0 Å². The number of carbonyl (C=O) groups is 4. The number of ether oxygens (including phenoxy) is 1. The molecule has 0 bridgehead atoms. The van der Waals surface area contributed by atoms with Gasteiger partial charge in [-0.3, -0.25) is 10.1 Å². The van der Waals surface area contributed by atoms with Crippen LogP contribution in [0, 0.1) is 10.1 Å². The highest BCUT2D eigenvalue weighted by Gasteiger charge is 2.28. The topological polar surface area (TPSA) is 161 Å². The van der Waals surface area contributed by atoms with Crippen LogP contribution in [-0.2, 0) is 4.74 Å². The Hall–Kier alpha value is -4.08. The fourth-order valence-electron chi connectivity index (χ4n) is 2.04. The molecule has 0 saturated heterocycles. The molecule has 10 nitrogen and oxygen atoms in total. The molecule has 0 aliphatic carbocycles. The number of nitro groups is 1. The van der Waals surface area contributed by atoms with Crippen molar-refractivity contribution in [3.63, 3.8) is 0 Å². The molecule has 2 aromatic carbocycles. The van der Waals surface area contributed by atoms with Gasteiger partial charge in [0.1, 0.15) is 0 Å². The number of hydrogen-bond acceptors (Lipinski definition) is 7. The Morgan fingerprint density at radius 3 is 1.81 bits per heavy atom. The monoisotopic (exact) mass is 359 g/mol. The van der Waals surface area contributed by atoms with E-state index in [1.165, 1.54) is 0 Å². The smallest absolute Gasteiger partial charge is 0.346 e. The first-order valence-corrected chi connectivity index (χ1v) is 6.83. The average Bonchev–Trinajstić information content (AvgIpc) is 2.89. The van der Waals surface area contributed by atoms with Gasteiger partial charge in [-0.1, -0.05) is 12.1 Å². The van der Waals surface area contributed by atoms with Gasteiger partial charge >= 0.3 is 23.9 Å². The van der Waals surface area contributed by atoms with Gasteiger partial charge in [0.2, 0.25) is 0 Å². The second kappa shape index (κ2) is 7.21. The number of non-ortho nitro benzene ring substituents is 1. The molecule has 1 aliphatic rings. The van der Waals surface area contributed by atoms with Gasteiger partial charge in [0.25, 0.3) is 5.69 Å². The Morgan fingerprint density at radius 1 is 0.885 bits per heavy atom. The Kier molecular flexibility index (Phi) is 5.07. The standard InChI is InChI=1S/C8H5NO6.C8H4O3/c10-7(11)5-2-1-4(9(14)15)3-6(5)8(12)13;9-7-5-3-1-2-4-6(5)8(10)11-7/h1-3H,(H,10,11)(H,12,13);1-4H. The lowest BCUT2D eigenvalue weighted by Gasteiger charge is -2.00. The molecule has 0 aromatic heterocycles. The summed E-state index contributed by atoms with van der Waals surface area (Å²) in [6.45, 7) is 0. The fourth-order valence-corrected chi connectivity index (χ4v) is 2.04. The van der Waals surface area contributed by atoms with Crippen LogP contribution in [0.4, 0.5) is 5.69 Å². The molecule has 0 radical (unpaired) electrons.